The van der Waals surface area contributed by atoms with Crippen LogP contribution in [-0.4, -0.2) is 41.9 Å². The molecule has 0 saturated carbocycles. The van der Waals surface area contributed by atoms with E-state index in [1.165, 1.54) is 23.1 Å². The summed E-state index contributed by atoms with van der Waals surface area (Å²) < 4.78 is 17.0. The van der Waals surface area contributed by atoms with Gasteiger partial charge in [0.2, 0.25) is 5.78 Å². The summed E-state index contributed by atoms with van der Waals surface area (Å²) in [6.45, 7) is 6.22. The molecule has 7 nitrogen and oxygen atoms in total. The Hall–Kier alpha value is -2.26. The molecule has 2 aromatic rings. The fourth-order valence-corrected chi connectivity index (χ4v) is 3.82. The molecule has 1 N–H and O–H groups in total. The highest BCUT2D eigenvalue weighted by atomic mass is 32.2. The van der Waals surface area contributed by atoms with E-state index >= 15 is 0 Å². The Labute approximate surface area is 165 Å². The number of aromatic nitrogens is 1. The van der Waals surface area contributed by atoms with Gasteiger partial charge in [-0.15, -0.1) is 11.3 Å². The van der Waals surface area contributed by atoms with Gasteiger partial charge in [0, 0.05) is 5.56 Å². The predicted molar refractivity (Wildman–Crippen MR) is 105 cm³/mol. The molecule has 2 heterocycles. The number of rotatable bonds is 4. The normalized spacial score (nSPS) is 13.2. The number of hydrogen-bond donors (Lipinski definition) is 1. The van der Waals surface area contributed by atoms with Crippen LogP contribution in [0.5, 0.6) is 11.5 Å². The standard InChI is InChI=1S/C18H20N2O5S2/c1-18(2,3)25-16(22)19-15-14(27-17(20-15)26-4)13(21)10-5-6-11-12(9-10)24-8-7-23-11/h5-6,9H,7-8H2,1-4H3,(H,19,22). The van der Waals surface area contributed by atoms with Crippen molar-refractivity contribution >= 4 is 40.8 Å². The molecule has 0 radical (unpaired) electrons. The lowest BCUT2D eigenvalue weighted by Crippen LogP contribution is -2.27. The highest BCUT2D eigenvalue weighted by Gasteiger charge is 2.25. The van der Waals surface area contributed by atoms with E-state index in [1.54, 1.807) is 39.0 Å². The second-order valence-corrected chi connectivity index (χ2v) is 8.73. The third kappa shape index (κ3) is 4.72. The maximum atomic E-state index is 13.0. The number of amides is 1. The average molecular weight is 409 g/mol. The summed E-state index contributed by atoms with van der Waals surface area (Å²) >= 11 is 2.62. The van der Waals surface area contributed by atoms with Crippen molar-refractivity contribution in [2.45, 2.75) is 30.7 Å². The summed E-state index contributed by atoms with van der Waals surface area (Å²) in [4.78, 5) is 29.8. The van der Waals surface area contributed by atoms with E-state index in [1.807, 2.05) is 6.26 Å². The Morgan fingerprint density at radius 3 is 2.59 bits per heavy atom. The number of anilines is 1. The molecule has 0 fully saturated rings. The van der Waals surface area contributed by atoms with Crippen molar-refractivity contribution in [2.24, 2.45) is 0 Å². The molecular weight excluding hydrogens is 388 g/mol. The number of carbonyl (C=O) groups is 2. The van der Waals surface area contributed by atoms with Gasteiger partial charge in [-0.3, -0.25) is 10.1 Å². The van der Waals surface area contributed by atoms with Crippen molar-refractivity contribution in [1.82, 2.24) is 4.98 Å². The van der Waals surface area contributed by atoms with Gasteiger partial charge in [0.05, 0.1) is 0 Å². The van der Waals surface area contributed by atoms with Crippen molar-refractivity contribution in [3.63, 3.8) is 0 Å². The van der Waals surface area contributed by atoms with Crippen LogP contribution >= 0.6 is 23.1 Å². The number of hydrogen-bond acceptors (Lipinski definition) is 8. The van der Waals surface area contributed by atoms with E-state index in [0.29, 0.717) is 39.5 Å². The minimum absolute atomic E-state index is 0.193. The first-order valence-electron chi connectivity index (χ1n) is 8.26. The Kier molecular flexibility index (Phi) is 5.61. The maximum Gasteiger partial charge on any atom is 0.413 e. The highest BCUT2D eigenvalue weighted by Crippen LogP contribution is 2.35. The minimum Gasteiger partial charge on any atom is -0.486 e. The summed E-state index contributed by atoms with van der Waals surface area (Å²) in [5.41, 5.74) is -0.217. The minimum atomic E-state index is -0.656. The molecule has 1 amide bonds. The topological polar surface area (TPSA) is 86.8 Å². The van der Waals surface area contributed by atoms with Gasteiger partial charge in [-0.1, -0.05) is 11.8 Å². The molecule has 0 aliphatic carbocycles. The molecular formula is C18H20N2O5S2. The number of ketones is 1. The summed E-state index contributed by atoms with van der Waals surface area (Å²) in [5, 5.41) is 2.58. The van der Waals surface area contributed by atoms with E-state index in [0.717, 1.165) is 0 Å². The molecule has 0 unspecified atom stereocenters. The molecule has 0 saturated heterocycles. The molecule has 0 bridgehead atoms. The number of fused-ring (bicyclic) bond motifs is 1. The molecule has 9 heteroatoms. The van der Waals surface area contributed by atoms with Crippen molar-refractivity contribution < 1.29 is 23.8 Å². The fourth-order valence-electron chi connectivity index (χ4n) is 2.34. The zero-order valence-electron chi connectivity index (χ0n) is 15.5. The molecule has 1 aromatic carbocycles. The summed E-state index contributed by atoms with van der Waals surface area (Å²) in [6.07, 6.45) is 1.20. The van der Waals surface area contributed by atoms with Crippen LogP contribution in [0.25, 0.3) is 0 Å². The molecule has 27 heavy (non-hydrogen) atoms. The van der Waals surface area contributed by atoms with E-state index in [2.05, 4.69) is 10.3 Å². The third-order valence-corrected chi connectivity index (χ3v) is 5.45. The smallest absolute Gasteiger partial charge is 0.413 e. The molecule has 144 valence electrons. The van der Waals surface area contributed by atoms with Crippen LogP contribution in [0.4, 0.5) is 10.6 Å². The molecule has 1 aliphatic heterocycles. The van der Waals surface area contributed by atoms with Gasteiger partial charge in [0.15, 0.2) is 21.7 Å². The Balaban J connectivity index is 1.88. The van der Waals surface area contributed by atoms with Crippen LogP contribution < -0.4 is 14.8 Å². The highest BCUT2D eigenvalue weighted by molar-refractivity contribution is 8.00. The first-order chi connectivity index (χ1) is 12.8. The van der Waals surface area contributed by atoms with Crippen molar-refractivity contribution in [3.8, 4) is 11.5 Å². The molecule has 1 aliphatic rings. The van der Waals surface area contributed by atoms with Gasteiger partial charge in [0.1, 0.15) is 23.7 Å². The second-order valence-electron chi connectivity index (χ2n) is 6.68. The first kappa shape index (κ1) is 19.5. The Morgan fingerprint density at radius 2 is 1.93 bits per heavy atom. The van der Waals surface area contributed by atoms with Gasteiger partial charge >= 0.3 is 6.09 Å². The Bertz CT molecular complexity index is 873. The summed E-state index contributed by atoms with van der Waals surface area (Å²) in [7, 11) is 0. The third-order valence-electron chi connectivity index (χ3n) is 3.41. The maximum absolute atomic E-state index is 13.0. The lowest BCUT2D eigenvalue weighted by Gasteiger charge is -2.19. The van der Waals surface area contributed by atoms with Crippen LogP contribution in [0.15, 0.2) is 22.5 Å². The number of benzene rings is 1. The number of nitrogens with zero attached hydrogens (tertiary/aromatic N) is 1. The number of thiazole rings is 1. The van der Waals surface area contributed by atoms with Gasteiger partial charge in [-0.05, 0) is 45.2 Å². The lowest BCUT2D eigenvalue weighted by atomic mass is 10.1. The van der Waals surface area contributed by atoms with E-state index < -0.39 is 11.7 Å². The van der Waals surface area contributed by atoms with Gasteiger partial charge in [-0.25, -0.2) is 9.78 Å². The van der Waals surface area contributed by atoms with Crippen LogP contribution in [0.2, 0.25) is 0 Å². The number of nitrogens with one attached hydrogen (secondary N) is 1. The van der Waals surface area contributed by atoms with Crippen molar-refractivity contribution in [1.29, 1.82) is 0 Å². The van der Waals surface area contributed by atoms with Gasteiger partial charge in [0.25, 0.3) is 0 Å². The van der Waals surface area contributed by atoms with Crippen molar-refractivity contribution in [2.75, 3.05) is 24.8 Å². The molecule has 1 aromatic heterocycles. The van der Waals surface area contributed by atoms with Gasteiger partial charge < -0.3 is 14.2 Å². The quantitative estimate of drug-likeness (QED) is 0.599. The zero-order chi connectivity index (χ0) is 19.6. The second kappa shape index (κ2) is 7.77. The number of carbonyl (C=O) groups excluding carboxylic acids is 2. The van der Waals surface area contributed by atoms with E-state index in [4.69, 9.17) is 14.2 Å². The lowest BCUT2D eigenvalue weighted by molar-refractivity contribution is 0.0635. The van der Waals surface area contributed by atoms with Crippen LogP contribution in [0.1, 0.15) is 36.0 Å². The summed E-state index contributed by atoms with van der Waals surface area (Å²) in [5.74, 6) is 1.08. The van der Waals surface area contributed by atoms with Crippen molar-refractivity contribution in [3.05, 3.63) is 28.6 Å². The largest absolute Gasteiger partial charge is 0.486 e. The predicted octanol–water partition coefficient (Wildman–Crippen LogP) is 4.21. The number of ether oxygens (including phenoxy) is 3. The SMILES string of the molecule is CSc1nc(NC(=O)OC(C)(C)C)c(C(=O)c2ccc3c(c2)OCCO3)s1. The van der Waals surface area contributed by atoms with Gasteiger partial charge in [-0.2, -0.15) is 0 Å². The fraction of sp³-hybridized carbons (Fsp3) is 0.389. The summed E-state index contributed by atoms with van der Waals surface area (Å²) in [6, 6.07) is 5.03. The molecule has 0 spiro atoms. The van der Waals surface area contributed by atoms with Crippen LogP contribution in [0, 0.1) is 0 Å². The Morgan fingerprint density at radius 1 is 1.22 bits per heavy atom. The van der Waals surface area contributed by atoms with E-state index in [9.17, 15) is 9.59 Å². The zero-order valence-corrected chi connectivity index (χ0v) is 17.1. The molecule has 3 rings (SSSR count). The molecule has 0 atom stereocenters. The first-order valence-corrected chi connectivity index (χ1v) is 10.3. The number of thioether (sulfide) groups is 1. The van der Waals surface area contributed by atoms with Crippen LogP contribution in [-0.2, 0) is 4.74 Å². The average Bonchev–Trinajstić information content (AvgIpc) is 3.01. The van der Waals surface area contributed by atoms with E-state index in [-0.39, 0.29) is 11.6 Å². The monoisotopic (exact) mass is 408 g/mol. The van der Waals surface area contributed by atoms with Crippen LogP contribution in [0.3, 0.4) is 0 Å².